The molecule has 9 heteroatoms. The number of carbonyl (C=O) groups excluding carboxylic acids is 4. The number of rotatable bonds is 6. The van der Waals surface area contributed by atoms with E-state index < -0.39 is 29.8 Å². The average Bonchev–Trinajstić information content (AvgIpc) is 3.52. The molecule has 1 atom stereocenters. The summed E-state index contributed by atoms with van der Waals surface area (Å²) in [5.74, 6) is -2.10. The minimum Gasteiger partial charge on any atom is -0.447 e. The van der Waals surface area contributed by atoms with Crippen LogP contribution in [0.15, 0.2) is 95.5 Å². The lowest BCUT2D eigenvalue weighted by Gasteiger charge is -2.20. The molecule has 0 spiro atoms. The van der Waals surface area contributed by atoms with Gasteiger partial charge in [0, 0.05) is 24.2 Å². The van der Waals surface area contributed by atoms with Crippen LogP contribution < -0.4 is 10.2 Å². The van der Waals surface area contributed by atoms with Crippen LogP contribution in [0.4, 0.5) is 11.5 Å². The molecule has 220 valence electrons. The number of fused-ring (bicyclic) bond motifs is 2. The maximum Gasteiger partial charge on any atom is 0.303 e. The summed E-state index contributed by atoms with van der Waals surface area (Å²) in [4.78, 5) is 52.4. The molecule has 1 unspecified atom stereocenters. The molecule has 4 aromatic carbocycles. The summed E-state index contributed by atoms with van der Waals surface area (Å²) in [5.41, 5.74) is 4.74. The van der Waals surface area contributed by atoms with Crippen molar-refractivity contribution in [3.05, 3.63) is 113 Å². The fourth-order valence-corrected chi connectivity index (χ4v) is 5.24. The van der Waals surface area contributed by atoms with E-state index in [9.17, 15) is 19.2 Å². The summed E-state index contributed by atoms with van der Waals surface area (Å²) in [7, 11) is 0. The van der Waals surface area contributed by atoms with Crippen LogP contribution in [-0.4, -0.2) is 28.8 Å². The Kier molecular flexibility index (Phi) is 7.09. The Morgan fingerprint density at radius 3 is 2.16 bits per heavy atom. The van der Waals surface area contributed by atoms with Gasteiger partial charge >= 0.3 is 5.97 Å². The van der Waals surface area contributed by atoms with E-state index in [2.05, 4.69) is 43.4 Å². The first-order chi connectivity index (χ1) is 21.0. The van der Waals surface area contributed by atoms with Crippen LogP contribution in [0.5, 0.6) is 0 Å². The van der Waals surface area contributed by atoms with Crippen LogP contribution in [0.25, 0.3) is 22.1 Å². The second-order valence-electron chi connectivity index (χ2n) is 11.6. The summed E-state index contributed by atoms with van der Waals surface area (Å²) in [5, 5.41) is 7.18. The smallest absolute Gasteiger partial charge is 0.303 e. The Labute approximate surface area is 253 Å². The van der Waals surface area contributed by atoms with Gasteiger partial charge in [0.05, 0.1) is 16.5 Å². The van der Waals surface area contributed by atoms with Crippen LogP contribution in [-0.2, 0) is 19.7 Å². The van der Waals surface area contributed by atoms with Gasteiger partial charge < -0.3 is 14.6 Å². The Balaban J connectivity index is 1.25. The van der Waals surface area contributed by atoms with Gasteiger partial charge in [-0.15, -0.1) is 0 Å². The van der Waals surface area contributed by atoms with E-state index >= 15 is 0 Å². The third-order valence-electron chi connectivity index (χ3n) is 7.52. The molecule has 5 aromatic rings. The van der Waals surface area contributed by atoms with Crippen molar-refractivity contribution in [1.29, 1.82) is 0 Å². The number of benzene rings is 4. The molecule has 9 nitrogen and oxygen atoms in total. The topological polar surface area (TPSA) is 119 Å². The number of esters is 1. The number of anilines is 2. The average molecular weight is 588 g/mol. The minimum absolute atomic E-state index is 0.0179. The molecular formula is C35H29N3O6. The number of aromatic nitrogens is 1. The number of hydrogen-bond donors (Lipinski definition) is 1. The fourth-order valence-electron chi connectivity index (χ4n) is 5.24. The molecule has 1 N–H and O–H groups in total. The zero-order valence-electron chi connectivity index (χ0n) is 24.6. The molecule has 0 fully saturated rings. The highest BCUT2D eigenvalue weighted by atomic mass is 16.5. The van der Waals surface area contributed by atoms with Gasteiger partial charge in [0.15, 0.2) is 11.4 Å². The summed E-state index contributed by atoms with van der Waals surface area (Å²) in [6.45, 7) is 7.70. The molecule has 2 heterocycles. The molecule has 1 aliphatic rings. The SMILES string of the molecule is CC(=O)OC(C(=O)Nc1ccc2c(N3C(=O)c4ccccc4C3=O)noc2c1)c1cccc(-c2ccc(C(C)(C)C)cc2)c1. The number of nitrogens with one attached hydrogen (secondary N) is 1. The normalized spacial score (nSPS) is 13.6. The summed E-state index contributed by atoms with van der Waals surface area (Å²) >= 11 is 0. The van der Waals surface area contributed by atoms with E-state index in [0.29, 0.717) is 27.8 Å². The van der Waals surface area contributed by atoms with Crippen molar-refractivity contribution >= 4 is 46.2 Å². The second kappa shape index (κ2) is 10.9. The molecule has 6 rings (SSSR count). The predicted molar refractivity (Wildman–Crippen MR) is 165 cm³/mol. The lowest BCUT2D eigenvalue weighted by Crippen LogP contribution is -2.29. The first kappa shape index (κ1) is 28.5. The first-order valence-electron chi connectivity index (χ1n) is 14.1. The van der Waals surface area contributed by atoms with Crippen LogP contribution in [0.1, 0.15) is 65.6 Å². The zero-order valence-corrected chi connectivity index (χ0v) is 24.6. The Bertz CT molecular complexity index is 1920. The second-order valence-corrected chi connectivity index (χ2v) is 11.6. The van der Waals surface area contributed by atoms with Gasteiger partial charge in [-0.1, -0.05) is 80.5 Å². The predicted octanol–water partition coefficient (Wildman–Crippen LogP) is 6.84. The fraction of sp³-hybridized carbons (Fsp3) is 0.171. The highest BCUT2D eigenvalue weighted by Gasteiger charge is 2.39. The largest absolute Gasteiger partial charge is 0.447 e. The molecule has 1 aliphatic heterocycles. The Morgan fingerprint density at radius 1 is 0.841 bits per heavy atom. The van der Waals surface area contributed by atoms with E-state index in [4.69, 9.17) is 9.26 Å². The lowest BCUT2D eigenvalue weighted by atomic mass is 9.86. The Hall–Kier alpha value is -5.57. The summed E-state index contributed by atoms with van der Waals surface area (Å²) in [6.07, 6.45) is -1.22. The van der Waals surface area contributed by atoms with Crippen LogP contribution in [0.2, 0.25) is 0 Å². The summed E-state index contributed by atoms with van der Waals surface area (Å²) < 4.78 is 10.9. The molecule has 0 bridgehead atoms. The van der Waals surface area contributed by atoms with E-state index in [0.717, 1.165) is 16.0 Å². The first-order valence-corrected chi connectivity index (χ1v) is 14.1. The molecule has 0 saturated carbocycles. The minimum atomic E-state index is -1.22. The zero-order chi connectivity index (χ0) is 31.2. The molecule has 44 heavy (non-hydrogen) atoms. The highest BCUT2D eigenvalue weighted by molar-refractivity contribution is 6.35. The number of carbonyl (C=O) groups is 4. The number of imide groups is 1. The summed E-state index contributed by atoms with van der Waals surface area (Å²) in [6, 6.07) is 26.8. The van der Waals surface area contributed by atoms with Crippen LogP contribution >= 0.6 is 0 Å². The molecule has 0 radical (unpaired) electrons. The maximum atomic E-state index is 13.5. The number of ether oxygens (including phenoxy) is 1. The third-order valence-corrected chi connectivity index (χ3v) is 7.52. The van der Waals surface area contributed by atoms with Crippen molar-refractivity contribution in [2.75, 3.05) is 10.2 Å². The molecule has 0 aliphatic carbocycles. The maximum absolute atomic E-state index is 13.5. The monoisotopic (exact) mass is 587 g/mol. The van der Waals surface area contributed by atoms with Crippen molar-refractivity contribution in [2.45, 2.75) is 39.2 Å². The Morgan fingerprint density at radius 2 is 1.52 bits per heavy atom. The van der Waals surface area contributed by atoms with E-state index in [1.54, 1.807) is 42.5 Å². The quantitative estimate of drug-likeness (QED) is 0.171. The molecule has 0 saturated heterocycles. The van der Waals surface area contributed by atoms with Crippen molar-refractivity contribution in [3.8, 4) is 11.1 Å². The van der Waals surface area contributed by atoms with Crippen LogP contribution in [0.3, 0.4) is 0 Å². The van der Waals surface area contributed by atoms with Gasteiger partial charge in [0.1, 0.15) is 0 Å². The van der Waals surface area contributed by atoms with Crippen molar-refractivity contribution in [3.63, 3.8) is 0 Å². The van der Waals surface area contributed by atoms with Gasteiger partial charge in [-0.3, -0.25) is 19.2 Å². The van der Waals surface area contributed by atoms with Crippen molar-refractivity contribution < 1.29 is 28.4 Å². The number of nitrogens with zero attached hydrogens (tertiary/aromatic N) is 2. The van der Waals surface area contributed by atoms with Gasteiger partial charge in [-0.25, -0.2) is 4.90 Å². The van der Waals surface area contributed by atoms with E-state index in [1.807, 2.05) is 30.3 Å². The van der Waals surface area contributed by atoms with Crippen molar-refractivity contribution in [2.24, 2.45) is 0 Å². The molecular weight excluding hydrogens is 558 g/mol. The van der Waals surface area contributed by atoms with Crippen molar-refractivity contribution in [1.82, 2.24) is 5.16 Å². The van der Waals surface area contributed by atoms with E-state index in [1.165, 1.54) is 18.6 Å². The molecule has 3 amide bonds. The van der Waals surface area contributed by atoms with Gasteiger partial charge in [0.2, 0.25) is 6.10 Å². The van der Waals surface area contributed by atoms with Crippen LogP contribution in [0, 0.1) is 0 Å². The number of amides is 3. The highest BCUT2D eigenvalue weighted by Crippen LogP contribution is 2.35. The standard InChI is InChI=1S/C35H29N3O6/c1-20(39)43-30(23-9-7-8-22(18-23)21-12-14-24(15-13-21)35(2,3)4)32(40)36-25-16-17-28-29(19-25)44-37-31(28)38-33(41)26-10-5-6-11-27(26)34(38)42/h5-19,30H,1-4H3,(H,36,40). The van der Waals surface area contributed by atoms with Gasteiger partial charge in [0.25, 0.3) is 17.7 Å². The molecule has 1 aromatic heterocycles. The van der Waals surface area contributed by atoms with Gasteiger partial charge in [-0.05, 0) is 52.4 Å². The lowest BCUT2D eigenvalue weighted by molar-refractivity contribution is -0.152. The third kappa shape index (κ3) is 5.24. The van der Waals surface area contributed by atoms with E-state index in [-0.39, 0.29) is 16.8 Å². The van der Waals surface area contributed by atoms with Gasteiger partial charge in [-0.2, -0.15) is 0 Å². The number of hydrogen-bond acceptors (Lipinski definition) is 7.